The van der Waals surface area contributed by atoms with Crippen molar-refractivity contribution >= 4 is 66.9 Å². The molecule has 1 amide bonds. The van der Waals surface area contributed by atoms with E-state index < -0.39 is 0 Å². The van der Waals surface area contributed by atoms with E-state index in [0.29, 0.717) is 6.42 Å². The molecule has 0 atom stereocenters. The summed E-state index contributed by atoms with van der Waals surface area (Å²) in [7, 11) is 0. The van der Waals surface area contributed by atoms with Crippen LogP contribution < -0.4 is 4.80 Å². The molecule has 3 aromatic rings. The number of nitrogens with zero attached hydrogens (tertiary/aromatic N) is 2. The number of thioether (sulfide) groups is 2. The molecular weight excluding hydrogens is 479 g/mol. The Morgan fingerprint density at radius 1 is 1.21 bits per heavy atom. The van der Waals surface area contributed by atoms with Gasteiger partial charge in [0.25, 0.3) is 0 Å². The lowest BCUT2D eigenvalue weighted by molar-refractivity contribution is -0.118. The van der Waals surface area contributed by atoms with Crippen LogP contribution in [0.25, 0.3) is 10.2 Å². The van der Waals surface area contributed by atoms with Crippen LogP contribution in [0.5, 0.6) is 0 Å². The van der Waals surface area contributed by atoms with Crippen LogP contribution in [0.1, 0.15) is 12.8 Å². The number of aromatic nitrogens is 1. The van der Waals surface area contributed by atoms with Gasteiger partial charge in [-0.15, -0.1) is 11.8 Å². The second-order valence-electron chi connectivity index (χ2n) is 6.05. The molecule has 1 heterocycles. The molecule has 28 heavy (non-hydrogen) atoms. The first-order valence-corrected chi connectivity index (χ1v) is 12.8. The lowest BCUT2D eigenvalue weighted by atomic mass is 10.3. The number of amides is 1. The first kappa shape index (κ1) is 21.6. The summed E-state index contributed by atoms with van der Waals surface area (Å²) in [6, 6.07) is 12.6. The topological polar surface area (TPSA) is 34.4 Å². The Bertz CT molecular complexity index is 1010. The third-order valence-electron chi connectivity index (χ3n) is 4.00. The zero-order valence-corrected chi connectivity index (χ0v) is 19.4. The summed E-state index contributed by atoms with van der Waals surface area (Å²) < 4.78 is 17.2. The first-order chi connectivity index (χ1) is 13.6. The fourth-order valence-corrected chi connectivity index (χ4v) is 5.48. The van der Waals surface area contributed by atoms with E-state index in [9.17, 15) is 9.18 Å². The van der Waals surface area contributed by atoms with Gasteiger partial charge in [0, 0.05) is 28.1 Å². The number of thiazole rings is 1. The zero-order valence-electron chi connectivity index (χ0n) is 15.4. The van der Waals surface area contributed by atoms with E-state index in [0.717, 1.165) is 48.9 Å². The van der Waals surface area contributed by atoms with Gasteiger partial charge in [-0.25, -0.2) is 4.39 Å². The number of aryl methyl sites for hydroxylation is 1. The van der Waals surface area contributed by atoms with Gasteiger partial charge in [0.2, 0.25) is 5.91 Å². The molecule has 0 bridgehead atoms. The van der Waals surface area contributed by atoms with Crippen LogP contribution in [-0.2, 0) is 11.3 Å². The summed E-state index contributed by atoms with van der Waals surface area (Å²) in [6.07, 6.45) is 3.23. The van der Waals surface area contributed by atoms with E-state index in [2.05, 4.69) is 43.9 Å². The fourth-order valence-electron chi connectivity index (χ4n) is 2.64. The number of hydrogen-bond donors (Lipinski definition) is 0. The van der Waals surface area contributed by atoms with Crippen molar-refractivity contribution in [2.45, 2.75) is 24.3 Å². The lowest BCUT2D eigenvalue weighted by Gasteiger charge is -2.04. The number of benzene rings is 2. The van der Waals surface area contributed by atoms with Crippen LogP contribution in [0.4, 0.5) is 4.39 Å². The Morgan fingerprint density at radius 2 is 2.00 bits per heavy atom. The van der Waals surface area contributed by atoms with Crippen molar-refractivity contribution < 1.29 is 9.18 Å². The van der Waals surface area contributed by atoms with Crippen LogP contribution in [0.3, 0.4) is 0 Å². The number of carbonyl (C=O) groups excluding carboxylic acids is 1. The van der Waals surface area contributed by atoms with Crippen molar-refractivity contribution in [2.24, 2.45) is 4.99 Å². The number of fused-ring (bicyclic) bond motifs is 1. The van der Waals surface area contributed by atoms with Crippen LogP contribution in [0.2, 0.25) is 0 Å². The molecule has 3 rings (SSSR count). The Balaban J connectivity index is 1.66. The number of carbonyl (C=O) groups is 1. The predicted molar refractivity (Wildman–Crippen MR) is 123 cm³/mol. The quantitative estimate of drug-likeness (QED) is 0.283. The van der Waals surface area contributed by atoms with Crippen molar-refractivity contribution in [3.63, 3.8) is 0 Å². The van der Waals surface area contributed by atoms with Crippen LogP contribution in [-0.4, -0.2) is 28.2 Å². The van der Waals surface area contributed by atoms with E-state index in [1.54, 1.807) is 47.0 Å². The minimum atomic E-state index is -0.233. The van der Waals surface area contributed by atoms with Crippen molar-refractivity contribution in [3.05, 3.63) is 57.6 Å². The van der Waals surface area contributed by atoms with Crippen molar-refractivity contribution in [1.82, 2.24) is 4.57 Å². The summed E-state index contributed by atoms with van der Waals surface area (Å²) in [6.45, 7) is 0.829. The zero-order chi connectivity index (χ0) is 19.9. The maximum Gasteiger partial charge on any atom is 0.248 e. The van der Waals surface area contributed by atoms with Gasteiger partial charge in [0.15, 0.2) is 4.80 Å². The molecule has 0 saturated heterocycles. The molecular formula is C20H20BrFN2OS3. The fraction of sp³-hybridized carbons (Fsp3) is 0.300. The number of hydrogen-bond acceptors (Lipinski definition) is 4. The van der Waals surface area contributed by atoms with Gasteiger partial charge >= 0.3 is 0 Å². The molecule has 0 radical (unpaired) electrons. The summed E-state index contributed by atoms with van der Waals surface area (Å²) >= 11 is 8.46. The molecule has 2 aromatic carbocycles. The number of halogens is 2. The Kier molecular flexibility index (Phi) is 8.20. The maximum absolute atomic E-state index is 12.9. The van der Waals surface area contributed by atoms with Crippen LogP contribution in [0, 0.1) is 5.82 Å². The molecule has 148 valence electrons. The van der Waals surface area contributed by atoms with E-state index in [-0.39, 0.29) is 11.7 Å². The SMILES string of the molecule is CSCCn1c(=NC(=O)CCCSc2ccc(F)cc2)sc2cc(Br)ccc21. The minimum Gasteiger partial charge on any atom is -0.316 e. The lowest BCUT2D eigenvalue weighted by Crippen LogP contribution is -2.18. The normalized spacial score (nSPS) is 12.0. The Hall–Kier alpha value is -1.09. The highest BCUT2D eigenvalue weighted by Gasteiger charge is 2.08. The third kappa shape index (κ3) is 5.95. The Morgan fingerprint density at radius 3 is 2.75 bits per heavy atom. The van der Waals surface area contributed by atoms with Crippen LogP contribution in [0.15, 0.2) is 56.8 Å². The highest BCUT2D eigenvalue weighted by atomic mass is 79.9. The average Bonchev–Trinajstić information content (AvgIpc) is 3.00. The standard InChI is InChI=1S/C20H20BrFN2OS3/c1-26-12-10-24-17-9-4-14(21)13-18(17)28-20(24)23-19(25)3-2-11-27-16-7-5-15(22)6-8-16/h4-9,13H,2-3,10-12H2,1H3. The molecule has 0 fully saturated rings. The second kappa shape index (κ2) is 10.6. The number of rotatable bonds is 8. The maximum atomic E-state index is 12.9. The van der Waals surface area contributed by atoms with Gasteiger partial charge in [-0.3, -0.25) is 4.79 Å². The third-order valence-corrected chi connectivity index (χ3v) is 7.23. The largest absolute Gasteiger partial charge is 0.316 e. The Labute approximate surface area is 184 Å². The van der Waals surface area contributed by atoms with Gasteiger partial charge in [-0.1, -0.05) is 27.3 Å². The highest BCUT2D eigenvalue weighted by molar-refractivity contribution is 9.10. The van der Waals surface area contributed by atoms with E-state index in [1.165, 1.54) is 12.1 Å². The van der Waals surface area contributed by atoms with E-state index >= 15 is 0 Å². The molecule has 0 aliphatic carbocycles. The van der Waals surface area contributed by atoms with Crippen molar-refractivity contribution in [1.29, 1.82) is 0 Å². The van der Waals surface area contributed by atoms with Crippen molar-refractivity contribution in [2.75, 3.05) is 17.8 Å². The van der Waals surface area contributed by atoms with E-state index in [1.807, 2.05) is 6.07 Å². The van der Waals surface area contributed by atoms with Gasteiger partial charge in [-0.05, 0) is 60.9 Å². The molecule has 1 aromatic heterocycles. The van der Waals surface area contributed by atoms with Gasteiger partial charge < -0.3 is 4.57 Å². The summed E-state index contributed by atoms with van der Waals surface area (Å²) in [5, 5.41) is 0. The highest BCUT2D eigenvalue weighted by Crippen LogP contribution is 2.23. The first-order valence-electron chi connectivity index (χ1n) is 8.80. The van der Waals surface area contributed by atoms with Gasteiger partial charge in [-0.2, -0.15) is 16.8 Å². The monoisotopic (exact) mass is 498 g/mol. The summed E-state index contributed by atoms with van der Waals surface area (Å²) in [5.74, 6) is 1.45. The summed E-state index contributed by atoms with van der Waals surface area (Å²) in [4.78, 5) is 18.6. The molecule has 0 N–H and O–H groups in total. The minimum absolute atomic E-state index is 0.0942. The molecule has 0 aliphatic rings. The average molecular weight is 499 g/mol. The van der Waals surface area contributed by atoms with E-state index in [4.69, 9.17) is 0 Å². The molecule has 3 nitrogen and oxygen atoms in total. The summed E-state index contributed by atoms with van der Waals surface area (Å²) in [5.41, 5.74) is 1.11. The smallest absolute Gasteiger partial charge is 0.248 e. The second-order valence-corrected chi connectivity index (χ2v) is 10.1. The van der Waals surface area contributed by atoms with Gasteiger partial charge in [0.1, 0.15) is 5.82 Å². The molecule has 0 spiro atoms. The molecule has 0 unspecified atom stereocenters. The van der Waals surface area contributed by atoms with Gasteiger partial charge in [0.05, 0.1) is 10.2 Å². The van der Waals surface area contributed by atoms with Crippen LogP contribution >= 0.6 is 50.8 Å². The predicted octanol–water partition coefficient (Wildman–Crippen LogP) is 5.97. The molecule has 8 heteroatoms. The molecule has 0 saturated carbocycles. The molecule has 0 aliphatic heterocycles. The van der Waals surface area contributed by atoms with Crippen molar-refractivity contribution in [3.8, 4) is 0 Å².